The molecule has 0 amide bonds. The minimum atomic E-state index is -3.55. The minimum Gasteiger partial charge on any atom is -0.490 e. The van der Waals surface area contributed by atoms with E-state index in [0.717, 1.165) is 12.0 Å². The number of halogens is 1. The Bertz CT molecular complexity index is 525. The first kappa shape index (κ1) is 12.5. The quantitative estimate of drug-likeness (QED) is 0.777. The van der Waals surface area contributed by atoms with Crippen molar-refractivity contribution < 1.29 is 17.9 Å². The normalized spacial score (nSPS) is 15.4. The zero-order valence-corrected chi connectivity index (χ0v) is 11.0. The molecule has 0 saturated heterocycles. The second-order valence-corrected chi connectivity index (χ2v) is 6.75. The second kappa shape index (κ2) is 4.74. The van der Waals surface area contributed by atoms with E-state index in [-0.39, 0.29) is 5.75 Å². The standard InChI is InChI=1S/C11H13ClO4S/c1-8-5-9(7-17(12,13)14)6-10-11(8)16-4-2-3-15-10/h5-6H,2-4,7H2,1H3. The number of fused-ring (bicyclic) bond motifs is 1. The highest BCUT2D eigenvalue weighted by Crippen LogP contribution is 2.34. The lowest BCUT2D eigenvalue weighted by molar-refractivity contribution is 0.296. The van der Waals surface area contributed by atoms with Gasteiger partial charge in [0.2, 0.25) is 9.05 Å². The predicted octanol–water partition coefficient (Wildman–Crippen LogP) is 2.22. The molecule has 0 saturated carbocycles. The topological polar surface area (TPSA) is 52.6 Å². The van der Waals surface area contributed by atoms with Crippen LogP contribution in [0.2, 0.25) is 0 Å². The molecule has 1 aromatic rings. The van der Waals surface area contributed by atoms with Gasteiger partial charge in [0.1, 0.15) is 0 Å². The van der Waals surface area contributed by atoms with Gasteiger partial charge in [0.25, 0.3) is 0 Å². The fourth-order valence-electron chi connectivity index (χ4n) is 1.80. The second-order valence-electron chi connectivity index (χ2n) is 3.97. The molecule has 1 heterocycles. The molecule has 0 atom stereocenters. The monoisotopic (exact) mass is 276 g/mol. The Labute approximate surface area is 105 Å². The van der Waals surface area contributed by atoms with Crippen LogP contribution in [0.3, 0.4) is 0 Å². The van der Waals surface area contributed by atoms with Gasteiger partial charge >= 0.3 is 0 Å². The van der Waals surface area contributed by atoms with Crippen LogP contribution in [-0.2, 0) is 14.8 Å². The average Bonchev–Trinajstić information content (AvgIpc) is 2.40. The molecule has 0 aliphatic carbocycles. The Morgan fingerprint density at radius 3 is 2.71 bits per heavy atom. The van der Waals surface area contributed by atoms with Gasteiger partial charge in [-0.3, -0.25) is 0 Å². The third-order valence-corrected chi connectivity index (χ3v) is 3.44. The van der Waals surface area contributed by atoms with Crippen LogP contribution in [0.15, 0.2) is 12.1 Å². The molecule has 94 valence electrons. The number of aryl methyl sites for hydroxylation is 1. The third kappa shape index (κ3) is 3.26. The summed E-state index contributed by atoms with van der Waals surface area (Å²) in [5, 5.41) is 0. The number of benzene rings is 1. The van der Waals surface area contributed by atoms with Crippen molar-refractivity contribution in [1.29, 1.82) is 0 Å². The van der Waals surface area contributed by atoms with E-state index in [2.05, 4.69) is 0 Å². The smallest absolute Gasteiger partial charge is 0.236 e. The molecule has 1 aliphatic heterocycles. The Balaban J connectivity index is 2.39. The summed E-state index contributed by atoms with van der Waals surface area (Å²) in [6, 6.07) is 3.43. The lowest BCUT2D eigenvalue weighted by atomic mass is 10.1. The highest BCUT2D eigenvalue weighted by molar-refractivity contribution is 8.13. The SMILES string of the molecule is Cc1cc(CS(=O)(=O)Cl)cc2c1OCCCO2. The maximum atomic E-state index is 11.0. The van der Waals surface area contributed by atoms with Crippen molar-refractivity contribution in [2.45, 2.75) is 19.1 Å². The molecule has 0 N–H and O–H groups in total. The minimum absolute atomic E-state index is 0.202. The van der Waals surface area contributed by atoms with E-state index in [1.807, 2.05) is 6.92 Å². The van der Waals surface area contributed by atoms with Crippen molar-refractivity contribution >= 4 is 19.7 Å². The fraction of sp³-hybridized carbons (Fsp3) is 0.455. The van der Waals surface area contributed by atoms with E-state index in [1.54, 1.807) is 12.1 Å². The highest BCUT2D eigenvalue weighted by Gasteiger charge is 2.16. The van der Waals surface area contributed by atoms with Crippen LogP contribution in [0, 0.1) is 6.92 Å². The maximum absolute atomic E-state index is 11.0. The molecule has 0 aromatic heterocycles. The summed E-state index contributed by atoms with van der Waals surface area (Å²) in [5.41, 5.74) is 1.47. The van der Waals surface area contributed by atoms with Crippen LogP contribution < -0.4 is 9.47 Å². The summed E-state index contributed by atoms with van der Waals surface area (Å²) in [4.78, 5) is 0. The molecule has 0 radical (unpaired) electrons. The third-order valence-electron chi connectivity index (χ3n) is 2.43. The van der Waals surface area contributed by atoms with Gasteiger partial charge in [0.15, 0.2) is 11.5 Å². The number of rotatable bonds is 2. The Kier molecular flexibility index (Phi) is 3.49. The van der Waals surface area contributed by atoms with Crippen molar-refractivity contribution in [1.82, 2.24) is 0 Å². The van der Waals surface area contributed by atoms with Crippen LogP contribution in [0.4, 0.5) is 0 Å². The number of hydrogen-bond donors (Lipinski definition) is 0. The summed E-state index contributed by atoms with van der Waals surface area (Å²) in [6.45, 7) is 3.04. The van der Waals surface area contributed by atoms with Gasteiger partial charge in [-0.15, -0.1) is 0 Å². The van der Waals surface area contributed by atoms with Crippen LogP contribution >= 0.6 is 10.7 Å². The van der Waals surface area contributed by atoms with Crippen LogP contribution in [0.25, 0.3) is 0 Å². The molecule has 0 fully saturated rings. The van der Waals surface area contributed by atoms with E-state index in [4.69, 9.17) is 20.2 Å². The maximum Gasteiger partial charge on any atom is 0.236 e. The first-order valence-electron chi connectivity index (χ1n) is 5.27. The molecule has 17 heavy (non-hydrogen) atoms. The predicted molar refractivity (Wildman–Crippen MR) is 65.3 cm³/mol. The average molecular weight is 277 g/mol. The summed E-state index contributed by atoms with van der Waals surface area (Å²) >= 11 is 0. The molecule has 1 aromatic carbocycles. The van der Waals surface area contributed by atoms with Gasteiger partial charge in [-0.05, 0) is 24.1 Å². The summed E-state index contributed by atoms with van der Waals surface area (Å²) in [7, 11) is 1.68. The van der Waals surface area contributed by atoms with Gasteiger partial charge < -0.3 is 9.47 Å². The molecule has 6 heteroatoms. The molecule has 1 aliphatic rings. The molecular weight excluding hydrogens is 264 g/mol. The Hall–Kier alpha value is -0.940. The largest absolute Gasteiger partial charge is 0.490 e. The van der Waals surface area contributed by atoms with Crippen molar-refractivity contribution in [3.8, 4) is 11.5 Å². The molecule has 4 nitrogen and oxygen atoms in total. The van der Waals surface area contributed by atoms with Crippen molar-refractivity contribution in [3.05, 3.63) is 23.3 Å². The fourth-order valence-corrected chi connectivity index (χ4v) is 2.75. The van der Waals surface area contributed by atoms with Crippen molar-refractivity contribution in [2.75, 3.05) is 13.2 Å². The highest BCUT2D eigenvalue weighted by atomic mass is 35.7. The number of hydrogen-bond acceptors (Lipinski definition) is 4. The van der Waals surface area contributed by atoms with Gasteiger partial charge in [-0.2, -0.15) is 0 Å². The molecular formula is C11H13ClO4S. The zero-order valence-electron chi connectivity index (χ0n) is 9.40. The van der Waals surface area contributed by atoms with Gasteiger partial charge in [-0.1, -0.05) is 6.07 Å². The Morgan fingerprint density at radius 1 is 1.29 bits per heavy atom. The molecule has 2 rings (SSSR count). The zero-order chi connectivity index (χ0) is 12.5. The summed E-state index contributed by atoms with van der Waals surface area (Å²) < 4.78 is 33.2. The van der Waals surface area contributed by atoms with E-state index in [0.29, 0.717) is 30.3 Å². The van der Waals surface area contributed by atoms with E-state index in [1.165, 1.54) is 0 Å². The van der Waals surface area contributed by atoms with Crippen molar-refractivity contribution in [2.24, 2.45) is 0 Å². The van der Waals surface area contributed by atoms with E-state index in [9.17, 15) is 8.42 Å². The lowest BCUT2D eigenvalue weighted by Crippen LogP contribution is -1.99. The molecule has 0 spiro atoms. The molecule has 0 unspecified atom stereocenters. The molecule has 0 bridgehead atoms. The first-order chi connectivity index (χ1) is 7.96. The first-order valence-corrected chi connectivity index (χ1v) is 7.75. The van der Waals surface area contributed by atoms with Gasteiger partial charge in [0.05, 0.1) is 19.0 Å². The summed E-state index contributed by atoms with van der Waals surface area (Å²) in [5.74, 6) is 1.09. The summed E-state index contributed by atoms with van der Waals surface area (Å²) in [6.07, 6.45) is 0.817. The van der Waals surface area contributed by atoms with Gasteiger partial charge in [0, 0.05) is 17.1 Å². The lowest BCUT2D eigenvalue weighted by Gasteiger charge is -2.11. The van der Waals surface area contributed by atoms with Crippen LogP contribution in [0.5, 0.6) is 11.5 Å². The Morgan fingerprint density at radius 2 is 2.00 bits per heavy atom. The number of ether oxygens (including phenoxy) is 2. The van der Waals surface area contributed by atoms with Crippen LogP contribution in [-0.4, -0.2) is 21.6 Å². The van der Waals surface area contributed by atoms with E-state index < -0.39 is 9.05 Å². The van der Waals surface area contributed by atoms with Crippen LogP contribution in [0.1, 0.15) is 17.5 Å². The van der Waals surface area contributed by atoms with Gasteiger partial charge in [-0.25, -0.2) is 8.42 Å². The van der Waals surface area contributed by atoms with Crippen molar-refractivity contribution in [3.63, 3.8) is 0 Å². The van der Waals surface area contributed by atoms with E-state index >= 15 is 0 Å².